The van der Waals surface area contributed by atoms with Gasteiger partial charge in [-0.2, -0.15) is 0 Å². The van der Waals surface area contributed by atoms with Crippen LogP contribution in [0.15, 0.2) is 64.4 Å². The second-order valence-corrected chi connectivity index (χ2v) is 5.36. The lowest BCUT2D eigenvalue weighted by molar-refractivity contribution is 0.596. The Bertz CT molecular complexity index is 656. The fraction of sp³-hybridized carbons (Fsp3) is 0. The summed E-state index contributed by atoms with van der Waals surface area (Å²) in [7, 11) is -3.49. The SMILES string of the molecule is N#[N+]c1ccc(S(=O)(=O)c2ccccc2)cc1. The van der Waals surface area contributed by atoms with Crippen LogP contribution in [-0.2, 0) is 9.84 Å². The van der Waals surface area contributed by atoms with Crippen LogP contribution in [0.1, 0.15) is 0 Å². The van der Waals surface area contributed by atoms with Crippen molar-refractivity contribution in [2.75, 3.05) is 0 Å². The first kappa shape index (κ1) is 11.3. The quantitative estimate of drug-likeness (QED) is 0.764. The first-order chi connectivity index (χ1) is 8.14. The smallest absolute Gasteiger partial charge is 0.219 e. The highest BCUT2D eigenvalue weighted by Gasteiger charge is 2.18. The number of nitrogens with zero attached hydrogens (tertiary/aromatic N) is 2. The molecular formula is C12H9N2O2S+. The van der Waals surface area contributed by atoms with Crippen LogP contribution < -0.4 is 0 Å². The van der Waals surface area contributed by atoms with Gasteiger partial charge in [-0.3, -0.25) is 0 Å². The van der Waals surface area contributed by atoms with E-state index in [1.54, 1.807) is 30.3 Å². The highest BCUT2D eigenvalue weighted by molar-refractivity contribution is 7.91. The van der Waals surface area contributed by atoms with Gasteiger partial charge in [0.05, 0.1) is 9.79 Å². The van der Waals surface area contributed by atoms with Crippen LogP contribution >= 0.6 is 0 Å². The van der Waals surface area contributed by atoms with Gasteiger partial charge in [-0.1, -0.05) is 18.2 Å². The molecule has 0 saturated heterocycles. The molecule has 4 nitrogen and oxygen atoms in total. The van der Waals surface area contributed by atoms with Crippen molar-refractivity contribution in [2.45, 2.75) is 9.79 Å². The van der Waals surface area contributed by atoms with Gasteiger partial charge in [-0.25, -0.2) is 8.42 Å². The molecule has 17 heavy (non-hydrogen) atoms. The van der Waals surface area contributed by atoms with E-state index in [0.717, 1.165) is 0 Å². The highest BCUT2D eigenvalue weighted by atomic mass is 32.2. The molecule has 0 unspecified atom stereocenters. The molecule has 0 heterocycles. The predicted molar refractivity (Wildman–Crippen MR) is 63.1 cm³/mol. The molecule has 0 aromatic heterocycles. The lowest BCUT2D eigenvalue weighted by Crippen LogP contribution is -2.00. The fourth-order valence-corrected chi connectivity index (χ4v) is 2.71. The molecule has 0 atom stereocenters. The molecule has 0 saturated carbocycles. The van der Waals surface area contributed by atoms with E-state index in [2.05, 4.69) is 4.98 Å². The second kappa shape index (κ2) is 4.36. The molecular weight excluding hydrogens is 236 g/mol. The maximum atomic E-state index is 12.1. The third-order valence-corrected chi connectivity index (χ3v) is 4.10. The Kier molecular flexibility index (Phi) is 2.90. The Labute approximate surface area is 99.1 Å². The molecule has 0 fully saturated rings. The summed E-state index contributed by atoms with van der Waals surface area (Å²) in [5, 5.41) is 8.52. The number of hydrogen-bond donors (Lipinski definition) is 0. The van der Waals surface area contributed by atoms with E-state index in [1.165, 1.54) is 24.3 Å². The van der Waals surface area contributed by atoms with E-state index in [4.69, 9.17) is 5.39 Å². The predicted octanol–water partition coefficient (Wildman–Crippen LogP) is 3.00. The number of benzene rings is 2. The van der Waals surface area contributed by atoms with Gasteiger partial charge >= 0.3 is 5.69 Å². The van der Waals surface area contributed by atoms with Gasteiger partial charge in [0, 0.05) is 12.1 Å². The van der Waals surface area contributed by atoms with Gasteiger partial charge in [0.2, 0.25) is 15.2 Å². The molecule has 84 valence electrons. The van der Waals surface area contributed by atoms with Crippen molar-refractivity contribution < 1.29 is 8.42 Å². The first-order valence-corrected chi connectivity index (χ1v) is 6.38. The van der Waals surface area contributed by atoms with E-state index in [-0.39, 0.29) is 9.79 Å². The van der Waals surface area contributed by atoms with Gasteiger partial charge in [-0.15, -0.1) is 0 Å². The maximum Gasteiger partial charge on any atom is 0.385 e. The Morgan fingerprint density at radius 3 is 1.88 bits per heavy atom. The van der Waals surface area contributed by atoms with Gasteiger partial charge in [0.15, 0.2) is 4.98 Å². The molecule has 5 heteroatoms. The van der Waals surface area contributed by atoms with E-state index in [9.17, 15) is 8.42 Å². The van der Waals surface area contributed by atoms with Crippen LogP contribution in [0.3, 0.4) is 0 Å². The number of hydrogen-bond acceptors (Lipinski definition) is 3. The lowest BCUT2D eigenvalue weighted by atomic mass is 10.3. The van der Waals surface area contributed by atoms with Crippen LogP contribution in [0.4, 0.5) is 5.69 Å². The summed E-state index contributed by atoms with van der Waals surface area (Å²) in [6.45, 7) is 0. The largest absolute Gasteiger partial charge is 0.385 e. The second-order valence-electron chi connectivity index (χ2n) is 3.41. The molecule has 0 aliphatic rings. The molecule has 0 aliphatic carbocycles. The summed E-state index contributed by atoms with van der Waals surface area (Å²) in [5.41, 5.74) is 0.317. The number of diazo groups is 1. The van der Waals surface area contributed by atoms with Crippen LogP contribution in [0.2, 0.25) is 0 Å². The molecule has 2 aromatic carbocycles. The maximum absolute atomic E-state index is 12.1. The van der Waals surface area contributed by atoms with Gasteiger partial charge in [-0.05, 0) is 24.3 Å². The molecule has 0 bridgehead atoms. The topological polar surface area (TPSA) is 62.3 Å². The summed E-state index contributed by atoms with van der Waals surface area (Å²) in [6, 6.07) is 13.9. The average molecular weight is 245 g/mol. The Hall–Kier alpha value is -2.19. The van der Waals surface area contributed by atoms with Crippen molar-refractivity contribution in [3.8, 4) is 0 Å². The summed E-state index contributed by atoms with van der Waals surface area (Å²) in [6.07, 6.45) is 0. The zero-order valence-corrected chi connectivity index (χ0v) is 9.63. The van der Waals surface area contributed by atoms with Crippen LogP contribution in [0.25, 0.3) is 4.98 Å². The number of sulfone groups is 1. The summed E-state index contributed by atoms with van der Waals surface area (Å²) >= 11 is 0. The van der Waals surface area contributed by atoms with Crippen molar-refractivity contribution in [3.05, 3.63) is 59.6 Å². The van der Waals surface area contributed by atoms with E-state index in [0.29, 0.717) is 5.69 Å². The van der Waals surface area contributed by atoms with Gasteiger partial charge in [0.25, 0.3) is 0 Å². The zero-order chi connectivity index (χ0) is 12.3. The standard InChI is InChI=1S/C12H9N2O2S/c13-14-10-6-8-12(9-7-10)17(15,16)11-4-2-1-3-5-11/h1-9H/q+1. The van der Waals surface area contributed by atoms with Gasteiger partial charge in [0.1, 0.15) is 0 Å². The fourth-order valence-electron chi connectivity index (χ4n) is 1.43. The summed E-state index contributed by atoms with van der Waals surface area (Å²) in [5.74, 6) is 0. The normalized spacial score (nSPS) is 10.8. The third kappa shape index (κ3) is 2.17. The highest BCUT2D eigenvalue weighted by Crippen LogP contribution is 2.22. The zero-order valence-electron chi connectivity index (χ0n) is 8.82. The number of rotatable bonds is 2. The lowest BCUT2D eigenvalue weighted by Gasteiger charge is -2.02. The monoisotopic (exact) mass is 245 g/mol. The van der Waals surface area contributed by atoms with Crippen LogP contribution in [0, 0.1) is 5.39 Å². The Morgan fingerprint density at radius 2 is 1.35 bits per heavy atom. The average Bonchev–Trinajstić information content (AvgIpc) is 2.40. The van der Waals surface area contributed by atoms with E-state index < -0.39 is 9.84 Å². The Balaban J connectivity index is 2.50. The summed E-state index contributed by atoms with van der Waals surface area (Å²) in [4.78, 5) is 3.39. The van der Waals surface area contributed by atoms with E-state index >= 15 is 0 Å². The van der Waals surface area contributed by atoms with Crippen molar-refractivity contribution in [2.24, 2.45) is 0 Å². The molecule has 0 N–H and O–H groups in total. The van der Waals surface area contributed by atoms with Gasteiger partial charge < -0.3 is 0 Å². The van der Waals surface area contributed by atoms with Crippen LogP contribution in [-0.4, -0.2) is 8.42 Å². The molecule has 2 rings (SSSR count). The Morgan fingerprint density at radius 1 is 0.824 bits per heavy atom. The molecule has 0 radical (unpaired) electrons. The molecule has 2 aromatic rings. The minimum atomic E-state index is -3.49. The first-order valence-electron chi connectivity index (χ1n) is 4.90. The van der Waals surface area contributed by atoms with Crippen molar-refractivity contribution >= 4 is 15.5 Å². The van der Waals surface area contributed by atoms with Crippen LogP contribution in [0.5, 0.6) is 0 Å². The summed E-state index contributed by atoms with van der Waals surface area (Å²) < 4.78 is 24.3. The third-order valence-electron chi connectivity index (χ3n) is 2.32. The van der Waals surface area contributed by atoms with Crippen molar-refractivity contribution in [3.63, 3.8) is 0 Å². The molecule has 0 aliphatic heterocycles. The van der Waals surface area contributed by atoms with Crippen molar-refractivity contribution in [1.82, 2.24) is 0 Å². The van der Waals surface area contributed by atoms with Crippen molar-refractivity contribution in [1.29, 1.82) is 5.39 Å². The molecule has 0 spiro atoms. The van der Waals surface area contributed by atoms with E-state index in [1.807, 2.05) is 0 Å². The minimum absolute atomic E-state index is 0.177. The molecule has 0 amide bonds. The minimum Gasteiger partial charge on any atom is -0.219 e.